The van der Waals surface area contributed by atoms with Crippen LogP contribution in [0.5, 0.6) is 0 Å². The summed E-state index contributed by atoms with van der Waals surface area (Å²) in [7, 11) is 0.904. The molecule has 120 valence electrons. The first kappa shape index (κ1) is 14.8. The van der Waals surface area contributed by atoms with Crippen molar-refractivity contribution in [2.75, 3.05) is 5.32 Å². The van der Waals surface area contributed by atoms with Crippen LogP contribution in [0.1, 0.15) is 12.8 Å². The van der Waals surface area contributed by atoms with Gasteiger partial charge >= 0.3 is 0 Å². The number of hydrogen-bond acceptors (Lipinski definition) is 3. The largest absolute Gasteiger partial charge is 0.321 e. The summed E-state index contributed by atoms with van der Waals surface area (Å²) >= 11 is 0. The summed E-state index contributed by atoms with van der Waals surface area (Å²) in [6, 6.07) is 11.6. The lowest BCUT2D eigenvalue weighted by molar-refractivity contribution is -0.117. The molecule has 0 saturated heterocycles. The van der Waals surface area contributed by atoms with Crippen LogP contribution in [0.3, 0.4) is 0 Å². The molecule has 0 unspecified atom stereocenters. The normalized spacial score (nSPS) is 14.0. The summed E-state index contributed by atoms with van der Waals surface area (Å²) in [4.78, 5) is 31.6. The first-order chi connectivity index (χ1) is 11.6. The molecule has 4 rings (SSSR count). The fraction of sp³-hybridized carbons (Fsp3) is 0.167. The maximum absolute atomic E-state index is 12.5. The molecule has 1 aromatic carbocycles. The molecule has 3 aromatic rings. The Morgan fingerprint density at radius 3 is 2.79 bits per heavy atom. The number of rotatable bonds is 3. The van der Waals surface area contributed by atoms with Crippen molar-refractivity contribution in [2.24, 2.45) is 5.92 Å². The lowest BCUT2D eigenvalue weighted by atomic mass is 10.1. The Hall–Kier alpha value is -2.73. The Balaban J connectivity index is 1.75. The van der Waals surface area contributed by atoms with Crippen LogP contribution in [0.15, 0.2) is 47.4 Å². The maximum Gasteiger partial charge on any atom is 0.256 e. The highest BCUT2D eigenvalue weighted by Crippen LogP contribution is 2.30. The molecule has 0 aliphatic heterocycles. The zero-order chi connectivity index (χ0) is 16.7. The van der Waals surface area contributed by atoms with E-state index in [-0.39, 0.29) is 17.4 Å². The van der Waals surface area contributed by atoms with Gasteiger partial charge in [-0.3, -0.25) is 9.59 Å². The predicted molar refractivity (Wildman–Crippen MR) is 98.7 cm³/mol. The molecular weight excluding hydrogens is 318 g/mol. The minimum atomic E-state index is -0.170. The van der Waals surface area contributed by atoms with Crippen molar-refractivity contribution in [2.45, 2.75) is 12.8 Å². The molecule has 2 aromatic heterocycles. The van der Waals surface area contributed by atoms with Gasteiger partial charge in [0.1, 0.15) is 5.82 Å². The number of H-pyrrole nitrogens is 1. The lowest BCUT2D eigenvalue weighted by Gasteiger charge is -2.08. The van der Waals surface area contributed by atoms with E-state index in [9.17, 15) is 9.59 Å². The number of carbonyl (C=O) groups excluding carboxylic acids is 1. The van der Waals surface area contributed by atoms with E-state index < -0.39 is 0 Å². The molecule has 1 fully saturated rings. The maximum atomic E-state index is 12.5. The molecule has 0 spiro atoms. The Labute approximate surface area is 141 Å². The van der Waals surface area contributed by atoms with Crippen LogP contribution in [0.4, 0.5) is 5.82 Å². The van der Waals surface area contributed by atoms with E-state index in [2.05, 4.69) is 21.4 Å². The van der Waals surface area contributed by atoms with Gasteiger partial charge in [0, 0.05) is 33.4 Å². The van der Waals surface area contributed by atoms with E-state index in [1.165, 1.54) is 5.19 Å². The smallest absolute Gasteiger partial charge is 0.256 e. The molecule has 1 aliphatic carbocycles. The third-order valence-corrected chi connectivity index (χ3v) is 5.23. The number of amides is 1. The Morgan fingerprint density at radius 1 is 1.25 bits per heavy atom. The van der Waals surface area contributed by atoms with E-state index in [4.69, 9.17) is 0 Å². The van der Waals surface area contributed by atoms with Gasteiger partial charge in [-0.05, 0) is 30.5 Å². The zero-order valence-corrected chi connectivity index (χ0v) is 15.3. The second kappa shape index (κ2) is 5.72. The molecule has 24 heavy (non-hydrogen) atoms. The molecule has 1 aliphatic rings. The van der Waals surface area contributed by atoms with Crippen molar-refractivity contribution in [1.29, 1.82) is 0 Å². The number of carbonyl (C=O) groups is 1. The molecule has 2 N–H and O–H groups in total. The first-order valence-electron chi connectivity index (χ1n) is 8.02. The molecular formula is C18H17N3O2Si. The topological polar surface area (TPSA) is 74.8 Å². The number of aromatic nitrogens is 2. The van der Waals surface area contributed by atoms with Crippen LogP contribution < -0.4 is 16.1 Å². The van der Waals surface area contributed by atoms with Crippen LogP contribution in [-0.4, -0.2) is 26.1 Å². The molecule has 2 heterocycles. The molecule has 6 heteroatoms. The van der Waals surface area contributed by atoms with E-state index in [0.717, 1.165) is 39.7 Å². The van der Waals surface area contributed by atoms with Crippen molar-refractivity contribution >= 4 is 37.9 Å². The van der Waals surface area contributed by atoms with E-state index in [1.807, 2.05) is 24.3 Å². The van der Waals surface area contributed by atoms with Gasteiger partial charge in [-0.1, -0.05) is 29.5 Å². The van der Waals surface area contributed by atoms with Gasteiger partial charge in [0.25, 0.3) is 5.56 Å². The molecule has 1 amide bonds. The number of anilines is 1. The molecule has 5 nitrogen and oxygen atoms in total. The van der Waals surface area contributed by atoms with Crippen LogP contribution in [0, 0.1) is 5.92 Å². The van der Waals surface area contributed by atoms with Crippen molar-refractivity contribution in [3.05, 3.63) is 52.9 Å². The van der Waals surface area contributed by atoms with Gasteiger partial charge in [-0.15, -0.1) is 0 Å². The second-order valence-electron chi connectivity index (χ2n) is 6.25. The van der Waals surface area contributed by atoms with Crippen molar-refractivity contribution in [3.8, 4) is 11.3 Å². The third kappa shape index (κ3) is 2.76. The average molecular weight is 335 g/mol. The molecule has 1 saturated carbocycles. The van der Waals surface area contributed by atoms with E-state index >= 15 is 0 Å². The van der Waals surface area contributed by atoms with Crippen molar-refractivity contribution < 1.29 is 4.79 Å². The van der Waals surface area contributed by atoms with Crippen LogP contribution >= 0.6 is 0 Å². The first-order valence-corrected chi connectivity index (χ1v) is 9.02. The Kier molecular flexibility index (Phi) is 3.54. The molecule has 0 radical (unpaired) electrons. The summed E-state index contributed by atoms with van der Waals surface area (Å²) in [6.45, 7) is 0. The fourth-order valence-electron chi connectivity index (χ4n) is 2.82. The van der Waals surface area contributed by atoms with E-state index in [0.29, 0.717) is 11.2 Å². The van der Waals surface area contributed by atoms with Gasteiger partial charge in [0.05, 0.1) is 5.39 Å². The van der Waals surface area contributed by atoms with Crippen molar-refractivity contribution in [3.63, 3.8) is 0 Å². The summed E-state index contributed by atoms with van der Waals surface area (Å²) in [6.07, 6.45) is 3.51. The lowest BCUT2D eigenvalue weighted by Crippen LogP contribution is -2.16. The van der Waals surface area contributed by atoms with Crippen molar-refractivity contribution in [1.82, 2.24) is 9.97 Å². The van der Waals surface area contributed by atoms with Gasteiger partial charge in [-0.25, -0.2) is 4.98 Å². The number of nitrogens with one attached hydrogen (secondary N) is 2. The highest BCUT2D eigenvalue weighted by molar-refractivity contribution is 6.35. The van der Waals surface area contributed by atoms with Gasteiger partial charge in [0.2, 0.25) is 5.91 Å². The summed E-state index contributed by atoms with van der Waals surface area (Å²) in [5.74, 6) is 0.522. The van der Waals surface area contributed by atoms with Crippen LogP contribution in [0.2, 0.25) is 0 Å². The number of nitrogens with zero attached hydrogens (tertiary/aromatic N) is 1. The van der Waals surface area contributed by atoms with Crippen LogP contribution in [-0.2, 0) is 4.79 Å². The van der Waals surface area contributed by atoms with Gasteiger partial charge in [-0.2, -0.15) is 0 Å². The molecule has 0 atom stereocenters. The minimum Gasteiger partial charge on any atom is -0.321 e. The Bertz CT molecular complexity index is 1010. The number of hydrogen-bond donors (Lipinski definition) is 2. The third-order valence-electron chi connectivity index (χ3n) is 4.36. The average Bonchev–Trinajstić information content (AvgIpc) is 3.41. The Morgan fingerprint density at radius 2 is 2.04 bits per heavy atom. The predicted octanol–water partition coefficient (Wildman–Crippen LogP) is 0.929. The number of aromatic amines is 1. The monoisotopic (exact) mass is 335 g/mol. The summed E-state index contributed by atoms with van der Waals surface area (Å²) in [5.41, 5.74) is 1.68. The molecule has 0 bridgehead atoms. The highest BCUT2D eigenvalue weighted by Gasteiger charge is 2.29. The summed E-state index contributed by atoms with van der Waals surface area (Å²) < 4.78 is 0. The quantitative estimate of drug-likeness (QED) is 0.699. The van der Waals surface area contributed by atoms with E-state index in [1.54, 1.807) is 12.3 Å². The summed E-state index contributed by atoms with van der Waals surface area (Å²) in [5, 5.41) is 5.31. The zero-order valence-electron chi connectivity index (χ0n) is 13.3. The highest BCUT2D eigenvalue weighted by atomic mass is 28.1. The van der Waals surface area contributed by atoms with Crippen LogP contribution in [0.25, 0.3) is 22.0 Å². The van der Waals surface area contributed by atoms with Gasteiger partial charge < -0.3 is 10.3 Å². The number of pyridine rings is 2. The number of fused-ring (bicyclic) bond motifs is 1. The second-order valence-corrected chi connectivity index (χ2v) is 7.32. The fourth-order valence-corrected chi connectivity index (χ4v) is 3.45. The standard InChI is InChI=1S/C18H17N3O2Si/c22-17(10-5-6-10)21-16-8-13-11(9-19-16)7-14(20-18(13)23)12-3-1-2-4-15(12)24/h1-4,7-10H,5-6H2,24H3,(H,20,23)(H,19,21,22). The SMILES string of the molecule is O=C(Nc1cc2c(=O)[nH]c(-c3ccccc3[SiH3])cc2cn1)C1CC1. The van der Waals surface area contributed by atoms with Gasteiger partial charge in [0.15, 0.2) is 0 Å². The number of benzene rings is 1. The minimum absolute atomic E-state index is 0.0141.